The molecule has 4 aromatic rings. The molecule has 0 N–H and O–H groups in total. The fourth-order valence-electron chi connectivity index (χ4n) is 2.72. The molecule has 2 heterocycles. The molecule has 136 valence electrons. The molecule has 0 atom stereocenters. The summed E-state index contributed by atoms with van der Waals surface area (Å²) in [7, 11) is 0. The lowest BCUT2D eigenvalue weighted by molar-refractivity contribution is 0.628. The van der Waals surface area contributed by atoms with E-state index in [0.29, 0.717) is 5.75 Å². The Kier molecular flexibility index (Phi) is 5.31. The van der Waals surface area contributed by atoms with Gasteiger partial charge in [0.2, 0.25) is 0 Å². The Labute approximate surface area is 165 Å². The average Bonchev–Trinajstić information content (AvgIpc) is 3.34. The van der Waals surface area contributed by atoms with Gasteiger partial charge in [-0.05, 0) is 31.2 Å². The lowest BCUT2D eigenvalue weighted by Gasteiger charge is -2.06. The molecule has 0 amide bonds. The van der Waals surface area contributed by atoms with Gasteiger partial charge in [-0.15, -0.1) is 21.5 Å². The smallest absolute Gasteiger partial charge is 0.191 e. The molecule has 4 nitrogen and oxygen atoms in total. The molecule has 0 saturated carbocycles. The molecule has 4 rings (SSSR count). The van der Waals surface area contributed by atoms with Gasteiger partial charge in [-0.1, -0.05) is 42.1 Å². The maximum absolute atomic E-state index is 13.1. The number of benzene rings is 2. The van der Waals surface area contributed by atoms with E-state index in [0.717, 1.165) is 39.4 Å². The van der Waals surface area contributed by atoms with Crippen molar-refractivity contribution in [1.29, 1.82) is 0 Å². The van der Waals surface area contributed by atoms with Crippen molar-refractivity contribution < 1.29 is 4.39 Å². The second-order valence-electron chi connectivity index (χ2n) is 5.86. The van der Waals surface area contributed by atoms with Crippen LogP contribution in [0.5, 0.6) is 0 Å². The second kappa shape index (κ2) is 8.02. The Hall–Kier alpha value is -2.51. The van der Waals surface area contributed by atoms with Gasteiger partial charge in [0.25, 0.3) is 0 Å². The quantitative estimate of drug-likeness (QED) is 0.403. The van der Waals surface area contributed by atoms with Crippen LogP contribution in [-0.2, 0) is 12.3 Å². The van der Waals surface area contributed by atoms with Crippen LogP contribution < -0.4 is 0 Å². The van der Waals surface area contributed by atoms with Gasteiger partial charge >= 0.3 is 0 Å². The monoisotopic (exact) mass is 396 g/mol. The zero-order valence-corrected chi connectivity index (χ0v) is 16.3. The molecule has 2 aromatic carbocycles. The number of hydrogen-bond acceptors (Lipinski definition) is 5. The molecular weight excluding hydrogens is 379 g/mol. The van der Waals surface area contributed by atoms with E-state index in [9.17, 15) is 4.39 Å². The van der Waals surface area contributed by atoms with E-state index in [-0.39, 0.29) is 5.82 Å². The Morgan fingerprint density at radius 2 is 1.78 bits per heavy atom. The highest BCUT2D eigenvalue weighted by atomic mass is 32.2. The minimum Gasteiger partial charge on any atom is -0.302 e. The molecule has 0 aliphatic heterocycles. The lowest BCUT2D eigenvalue weighted by Crippen LogP contribution is -1.99. The van der Waals surface area contributed by atoms with Crippen LogP contribution >= 0.6 is 23.1 Å². The number of hydrogen-bond donors (Lipinski definition) is 0. The number of thioether (sulfide) groups is 1. The molecule has 0 aliphatic carbocycles. The van der Waals surface area contributed by atoms with Crippen molar-refractivity contribution in [2.24, 2.45) is 0 Å². The summed E-state index contributed by atoms with van der Waals surface area (Å²) in [6.07, 6.45) is 0. The molecule has 2 aromatic heterocycles. The normalized spacial score (nSPS) is 11.0. The highest BCUT2D eigenvalue weighted by Crippen LogP contribution is 2.29. The Bertz CT molecular complexity index is 1030. The van der Waals surface area contributed by atoms with Crippen molar-refractivity contribution in [2.45, 2.75) is 24.4 Å². The van der Waals surface area contributed by atoms with Gasteiger partial charge in [0.1, 0.15) is 10.8 Å². The van der Waals surface area contributed by atoms with Crippen molar-refractivity contribution in [1.82, 2.24) is 19.7 Å². The van der Waals surface area contributed by atoms with E-state index in [1.807, 2.05) is 35.7 Å². The summed E-state index contributed by atoms with van der Waals surface area (Å²) in [4.78, 5) is 4.66. The van der Waals surface area contributed by atoms with Gasteiger partial charge in [0, 0.05) is 28.8 Å². The first-order valence-corrected chi connectivity index (χ1v) is 10.4. The lowest BCUT2D eigenvalue weighted by atomic mass is 10.2. The summed E-state index contributed by atoms with van der Waals surface area (Å²) in [6, 6.07) is 16.5. The largest absolute Gasteiger partial charge is 0.302 e. The van der Waals surface area contributed by atoms with Gasteiger partial charge in [-0.2, -0.15) is 0 Å². The number of rotatable bonds is 6. The molecule has 7 heteroatoms. The van der Waals surface area contributed by atoms with Crippen LogP contribution in [0.1, 0.15) is 12.6 Å². The van der Waals surface area contributed by atoms with E-state index >= 15 is 0 Å². The van der Waals surface area contributed by atoms with Gasteiger partial charge < -0.3 is 4.57 Å². The molecule has 27 heavy (non-hydrogen) atoms. The van der Waals surface area contributed by atoms with E-state index in [4.69, 9.17) is 0 Å². The standard InChI is InChI=1S/C20H17FN4S2/c1-2-25-18(14-6-4-3-5-7-14)23-24-20(25)27-13-17-12-26-19(22-17)15-8-10-16(21)11-9-15/h3-12H,2,13H2,1H3. The summed E-state index contributed by atoms with van der Waals surface area (Å²) in [5, 5.41) is 12.5. The minimum atomic E-state index is -0.237. The molecular formula is C20H17FN4S2. The van der Waals surface area contributed by atoms with Crippen LogP contribution in [0.3, 0.4) is 0 Å². The molecule has 0 bridgehead atoms. The van der Waals surface area contributed by atoms with E-state index in [2.05, 4.69) is 26.7 Å². The average molecular weight is 397 g/mol. The van der Waals surface area contributed by atoms with Crippen LogP contribution in [0, 0.1) is 5.82 Å². The third kappa shape index (κ3) is 3.94. The van der Waals surface area contributed by atoms with Crippen molar-refractivity contribution in [3.63, 3.8) is 0 Å². The van der Waals surface area contributed by atoms with E-state index < -0.39 is 0 Å². The summed E-state index contributed by atoms with van der Waals surface area (Å²) in [5.74, 6) is 1.36. The number of nitrogens with zero attached hydrogens (tertiary/aromatic N) is 4. The van der Waals surface area contributed by atoms with Crippen LogP contribution in [0.25, 0.3) is 22.0 Å². The number of thiazole rings is 1. The molecule has 0 saturated heterocycles. The summed E-state index contributed by atoms with van der Waals surface area (Å²) in [6.45, 7) is 2.90. The Balaban J connectivity index is 1.50. The topological polar surface area (TPSA) is 43.6 Å². The highest BCUT2D eigenvalue weighted by Gasteiger charge is 2.14. The third-order valence-electron chi connectivity index (χ3n) is 4.06. The maximum atomic E-state index is 13.1. The first-order chi connectivity index (χ1) is 13.2. The predicted molar refractivity (Wildman–Crippen MR) is 108 cm³/mol. The van der Waals surface area contributed by atoms with Crippen molar-refractivity contribution in [3.05, 3.63) is 71.5 Å². The van der Waals surface area contributed by atoms with Gasteiger partial charge in [-0.3, -0.25) is 0 Å². The van der Waals surface area contributed by atoms with E-state index in [1.54, 1.807) is 35.2 Å². The maximum Gasteiger partial charge on any atom is 0.191 e. The second-order valence-corrected chi connectivity index (χ2v) is 7.66. The van der Waals surface area contributed by atoms with Crippen LogP contribution in [-0.4, -0.2) is 19.7 Å². The molecule has 0 spiro atoms. The Morgan fingerprint density at radius 3 is 2.52 bits per heavy atom. The highest BCUT2D eigenvalue weighted by molar-refractivity contribution is 7.98. The third-order valence-corrected chi connectivity index (χ3v) is 6.00. The zero-order chi connectivity index (χ0) is 18.6. The number of halogens is 1. The first-order valence-electron chi connectivity index (χ1n) is 8.56. The summed E-state index contributed by atoms with van der Waals surface area (Å²) in [5.41, 5.74) is 2.97. The molecule has 0 radical (unpaired) electrons. The summed E-state index contributed by atoms with van der Waals surface area (Å²) < 4.78 is 15.2. The fourth-order valence-corrected chi connectivity index (χ4v) is 4.54. The predicted octanol–water partition coefficient (Wildman–Crippen LogP) is 5.52. The Morgan fingerprint density at radius 1 is 1.00 bits per heavy atom. The van der Waals surface area contributed by atoms with Gasteiger partial charge in [-0.25, -0.2) is 9.37 Å². The summed E-state index contributed by atoms with van der Waals surface area (Å²) >= 11 is 3.19. The SMILES string of the molecule is CCn1c(SCc2csc(-c3ccc(F)cc3)n2)nnc1-c1ccccc1. The minimum absolute atomic E-state index is 0.237. The zero-order valence-electron chi connectivity index (χ0n) is 14.7. The molecule has 0 unspecified atom stereocenters. The van der Waals surface area contributed by atoms with Crippen LogP contribution in [0.2, 0.25) is 0 Å². The fraction of sp³-hybridized carbons (Fsp3) is 0.150. The van der Waals surface area contributed by atoms with Crippen molar-refractivity contribution in [3.8, 4) is 22.0 Å². The van der Waals surface area contributed by atoms with Gasteiger partial charge in [0.15, 0.2) is 11.0 Å². The molecule has 0 aliphatic rings. The van der Waals surface area contributed by atoms with Crippen LogP contribution in [0.4, 0.5) is 4.39 Å². The van der Waals surface area contributed by atoms with Crippen molar-refractivity contribution >= 4 is 23.1 Å². The van der Waals surface area contributed by atoms with Crippen molar-refractivity contribution in [2.75, 3.05) is 0 Å². The molecule has 0 fully saturated rings. The van der Waals surface area contributed by atoms with Crippen LogP contribution in [0.15, 0.2) is 65.1 Å². The first kappa shape index (κ1) is 17.9. The van der Waals surface area contributed by atoms with Gasteiger partial charge in [0.05, 0.1) is 5.69 Å². The van der Waals surface area contributed by atoms with E-state index in [1.165, 1.54) is 12.1 Å². The number of aromatic nitrogens is 4.